The molecule has 3 rings (SSSR count). The van der Waals surface area contributed by atoms with Crippen LogP contribution in [0.1, 0.15) is 18.2 Å². The Balaban J connectivity index is 1.90. The molecule has 0 bridgehead atoms. The molecule has 0 radical (unpaired) electrons. The van der Waals surface area contributed by atoms with Crippen molar-refractivity contribution in [3.63, 3.8) is 0 Å². The van der Waals surface area contributed by atoms with Crippen LogP contribution in [0, 0.1) is 11.3 Å². The predicted octanol–water partition coefficient (Wildman–Crippen LogP) is 4.23. The molecule has 2 aromatic carbocycles. The summed E-state index contributed by atoms with van der Waals surface area (Å²) < 4.78 is 1.64. The Labute approximate surface area is 144 Å². The third-order valence-corrected chi connectivity index (χ3v) is 3.65. The van der Waals surface area contributed by atoms with Crippen LogP contribution in [0.3, 0.4) is 0 Å². The van der Waals surface area contributed by atoms with Crippen LogP contribution in [0.5, 0.6) is 0 Å². The summed E-state index contributed by atoms with van der Waals surface area (Å²) in [5, 5.41) is 18.8. The van der Waals surface area contributed by atoms with Crippen LogP contribution in [0.2, 0.25) is 5.02 Å². The van der Waals surface area contributed by atoms with Gasteiger partial charge < -0.3 is 0 Å². The van der Waals surface area contributed by atoms with Gasteiger partial charge in [0.25, 0.3) is 0 Å². The maximum absolute atomic E-state index is 9.36. The molecular weight excluding hydrogens is 322 g/mol. The molecule has 1 heterocycles. The molecular formula is C18H14ClN5. The topological polar surface area (TPSA) is 66.0 Å². The van der Waals surface area contributed by atoms with E-state index < -0.39 is 0 Å². The Bertz CT molecular complexity index is 905. The summed E-state index contributed by atoms with van der Waals surface area (Å²) in [5.41, 5.74) is 6.28. The fourth-order valence-electron chi connectivity index (χ4n) is 2.16. The highest BCUT2D eigenvalue weighted by Gasteiger charge is 2.12. The number of nitriles is 1. The van der Waals surface area contributed by atoms with Gasteiger partial charge in [-0.15, -0.1) is 0 Å². The molecule has 0 aliphatic rings. The Morgan fingerprint density at radius 3 is 2.54 bits per heavy atom. The molecule has 0 unspecified atom stereocenters. The molecule has 118 valence electrons. The van der Waals surface area contributed by atoms with Crippen molar-refractivity contribution in [2.75, 3.05) is 5.43 Å². The molecule has 5 nitrogen and oxygen atoms in total. The van der Waals surface area contributed by atoms with Gasteiger partial charge in [-0.3, -0.25) is 5.43 Å². The van der Waals surface area contributed by atoms with E-state index in [0.717, 1.165) is 11.4 Å². The standard InChI is InChI=1S/C18H14ClN5/c1-13(21-22-16-5-3-2-4-6-16)18-14(11-20)12-24(23-18)17-9-7-15(19)8-10-17/h2-10,12,22H,1H3/b21-13+. The number of hydrogen-bond acceptors (Lipinski definition) is 4. The summed E-state index contributed by atoms with van der Waals surface area (Å²) in [6.45, 7) is 1.81. The first-order valence-electron chi connectivity index (χ1n) is 7.29. The molecule has 1 aromatic heterocycles. The Hall–Kier alpha value is -3.10. The van der Waals surface area contributed by atoms with Crippen molar-refractivity contribution in [1.82, 2.24) is 9.78 Å². The average Bonchev–Trinajstić information content (AvgIpc) is 3.05. The van der Waals surface area contributed by atoms with Gasteiger partial charge >= 0.3 is 0 Å². The first-order chi connectivity index (χ1) is 11.7. The number of hydrogen-bond donors (Lipinski definition) is 1. The number of hydrazone groups is 1. The zero-order chi connectivity index (χ0) is 16.9. The van der Waals surface area contributed by atoms with E-state index in [0.29, 0.717) is 22.0 Å². The average molecular weight is 336 g/mol. The minimum Gasteiger partial charge on any atom is -0.278 e. The lowest BCUT2D eigenvalue weighted by molar-refractivity contribution is 0.875. The van der Waals surface area contributed by atoms with E-state index in [2.05, 4.69) is 21.7 Å². The molecule has 1 N–H and O–H groups in total. The number of halogens is 1. The fourth-order valence-corrected chi connectivity index (χ4v) is 2.29. The van der Waals surface area contributed by atoms with Crippen LogP contribution in [0.25, 0.3) is 5.69 Å². The summed E-state index contributed by atoms with van der Waals surface area (Å²) in [6, 6.07) is 19.0. The van der Waals surface area contributed by atoms with Crippen molar-refractivity contribution in [2.45, 2.75) is 6.92 Å². The second-order valence-corrected chi connectivity index (χ2v) is 5.54. The first-order valence-corrected chi connectivity index (χ1v) is 7.66. The minimum absolute atomic E-state index is 0.459. The highest BCUT2D eigenvalue weighted by atomic mass is 35.5. The number of nitrogens with one attached hydrogen (secondary N) is 1. The number of benzene rings is 2. The van der Waals surface area contributed by atoms with Crippen molar-refractivity contribution in [3.8, 4) is 11.8 Å². The van der Waals surface area contributed by atoms with Crippen LogP contribution >= 0.6 is 11.6 Å². The quantitative estimate of drug-likeness (QED) is 0.573. The molecule has 0 amide bonds. The summed E-state index contributed by atoms with van der Waals surface area (Å²) >= 11 is 5.90. The van der Waals surface area contributed by atoms with Gasteiger partial charge in [0.05, 0.1) is 22.6 Å². The highest BCUT2D eigenvalue weighted by Crippen LogP contribution is 2.16. The minimum atomic E-state index is 0.459. The monoisotopic (exact) mass is 335 g/mol. The van der Waals surface area contributed by atoms with Gasteiger partial charge in [0.15, 0.2) is 0 Å². The Kier molecular flexibility index (Phi) is 4.59. The van der Waals surface area contributed by atoms with Crippen LogP contribution in [-0.2, 0) is 0 Å². The molecule has 0 spiro atoms. The van der Waals surface area contributed by atoms with E-state index in [-0.39, 0.29) is 0 Å². The third kappa shape index (κ3) is 3.45. The maximum atomic E-state index is 9.36. The SMILES string of the molecule is C/C(=N\Nc1ccccc1)c1nn(-c2ccc(Cl)cc2)cc1C#N. The molecule has 3 aromatic rings. The zero-order valence-corrected chi connectivity index (χ0v) is 13.7. The summed E-state index contributed by atoms with van der Waals surface area (Å²) in [4.78, 5) is 0. The molecule has 0 atom stereocenters. The van der Waals surface area contributed by atoms with E-state index in [1.54, 1.807) is 23.0 Å². The van der Waals surface area contributed by atoms with Gasteiger partial charge in [0.2, 0.25) is 0 Å². The van der Waals surface area contributed by atoms with Crippen LogP contribution in [0.15, 0.2) is 65.9 Å². The van der Waals surface area contributed by atoms with Crippen molar-refractivity contribution >= 4 is 23.0 Å². The van der Waals surface area contributed by atoms with Gasteiger partial charge in [-0.05, 0) is 43.3 Å². The van der Waals surface area contributed by atoms with E-state index in [1.807, 2.05) is 49.4 Å². The Morgan fingerprint density at radius 1 is 1.17 bits per heavy atom. The second kappa shape index (κ2) is 6.99. The maximum Gasteiger partial charge on any atom is 0.126 e. The number of nitrogens with zero attached hydrogens (tertiary/aromatic N) is 4. The fraction of sp³-hybridized carbons (Fsp3) is 0.0556. The van der Waals surface area contributed by atoms with E-state index >= 15 is 0 Å². The van der Waals surface area contributed by atoms with Gasteiger partial charge in [-0.2, -0.15) is 15.5 Å². The predicted molar refractivity (Wildman–Crippen MR) is 95.6 cm³/mol. The molecule has 0 saturated carbocycles. The van der Waals surface area contributed by atoms with Crippen LogP contribution < -0.4 is 5.43 Å². The molecule has 0 aliphatic carbocycles. The van der Waals surface area contributed by atoms with Gasteiger partial charge in [0.1, 0.15) is 11.8 Å². The number of rotatable bonds is 4. The van der Waals surface area contributed by atoms with Gasteiger partial charge in [-0.25, -0.2) is 4.68 Å². The van der Waals surface area contributed by atoms with Crippen molar-refractivity contribution in [1.29, 1.82) is 5.26 Å². The summed E-state index contributed by atoms with van der Waals surface area (Å²) in [7, 11) is 0. The number of para-hydroxylation sites is 1. The third-order valence-electron chi connectivity index (χ3n) is 3.40. The van der Waals surface area contributed by atoms with E-state index in [1.165, 1.54) is 0 Å². The van der Waals surface area contributed by atoms with Crippen molar-refractivity contribution in [2.24, 2.45) is 5.10 Å². The second-order valence-electron chi connectivity index (χ2n) is 5.10. The lowest BCUT2D eigenvalue weighted by atomic mass is 10.2. The van der Waals surface area contributed by atoms with E-state index in [9.17, 15) is 5.26 Å². The lowest BCUT2D eigenvalue weighted by Gasteiger charge is -2.02. The Morgan fingerprint density at radius 2 is 1.88 bits per heavy atom. The van der Waals surface area contributed by atoms with Crippen LogP contribution in [-0.4, -0.2) is 15.5 Å². The highest BCUT2D eigenvalue weighted by molar-refractivity contribution is 6.30. The summed E-state index contributed by atoms with van der Waals surface area (Å²) in [5.74, 6) is 0. The zero-order valence-electron chi connectivity index (χ0n) is 12.9. The molecule has 0 saturated heterocycles. The molecule has 24 heavy (non-hydrogen) atoms. The molecule has 0 fully saturated rings. The van der Waals surface area contributed by atoms with Crippen molar-refractivity contribution in [3.05, 3.63) is 77.1 Å². The number of aromatic nitrogens is 2. The largest absolute Gasteiger partial charge is 0.278 e. The van der Waals surface area contributed by atoms with Crippen LogP contribution in [0.4, 0.5) is 5.69 Å². The normalized spacial score (nSPS) is 11.1. The number of anilines is 1. The summed E-state index contributed by atoms with van der Waals surface area (Å²) in [6.07, 6.45) is 1.68. The molecule has 0 aliphatic heterocycles. The first kappa shape index (κ1) is 15.8. The van der Waals surface area contributed by atoms with Gasteiger partial charge in [0, 0.05) is 11.2 Å². The molecule has 6 heteroatoms. The smallest absolute Gasteiger partial charge is 0.126 e. The van der Waals surface area contributed by atoms with Gasteiger partial charge in [-0.1, -0.05) is 29.8 Å². The van der Waals surface area contributed by atoms with Crippen molar-refractivity contribution < 1.29 is 0 Å². The van der Waals surface area contributed by atoms with E-state index in [4.69, 9.17) is 11.6 Å². The lowest BCUT2D eigenvalue weighted by Crippen LogP contribution is -2.04.